The number of esters is 1. The molecule has 1 atom stereocenters. The average Bonchev–Trinajstić information content (AvgIpc) is 2.36. The SMILES string of the molecule is COC(=O)C(C)(C)[C@@H](N)c1cccc([N+](=O)[O-])c1.Cl. The van der Waals surface area contributed by atoms with Crippen LogP contribution in [0.5, 0.6) is 0 Å². The molecule has 0 aromatic heterocycles. The van der Waals surface area contributed by atoms with E-state index in [1.54, 1.807) is 26.0 Å². The second-order valence-electron chi connectivity index (χ2n) is 4.54. The molecular formula is C12H17ClN2O4. The lowest BCUT2D eigenvalue weighted by molar-refractivity contribution is -0.384. The van der Waals surface area contributed by atoms with Crippen LogP contribution >= 0.6 is 12.4 Å². The number of halogens is 1. The lowest BCUT2D eigenvalue weighted by Crippen LogP contribution is -2.37. The summed E-state index contributed by atoms with van der Waals surface area (Å²) in [5.41, 5.74) is 5.52. The van der Waals surface area contributed by atoms with Crippen molar-refractivity contribution in [2.75, 3.05) is 7.11 Å². The monoisotopic (exact) mass is 288 g/mol. The Labute approximate surface area is 117 Å². The smallest absolute Gasteiger partial charge is 0.313 e. The van der Waals surface area contributed by atoms with Gasteiger partial charge in [0.1, 0.15) is 0 Å². The van der Waals surface area contributed by atoms with Crippen LogP contribution in [-0.2, 0) is 9.53 Å². The number of nitrogens with two attached hydrogens (primary N) is 1. The zero-order valence-electron chi connectivity index (χ0n) is 11.0. The van der Waals surface area contributed by atoms with Crippen LogP contribution in [0, 0.1) is 15.5 Å². The Bertz CT molecular complexity index is 477. The topological polar surface area (TPSA) is 95.5 Å². The van der Waals surface area contributed by atoms with E-state index < -0.39 is 22.3 Å². The second-order valence-corrected chi connectivity index (χ2v) is 4.54. The third-order valence-electron chi connectivity index (χ3n) is 2.93. The Morgan fingerprint density at radius 3 is 2.53 bits per heavy atom. The molecule has 0 saturated carbocycles. The predicted octanol–water partition coefficient (Wildman–Crippen LogP) is 2.22. The fourth-order valence-corrected chi connectivity index (χ4v) is 1.64. The molecule has 0 saturated heterocycles. The van der Waals surface area contributed by atoms with E-state index in [0.717, 1.165) is 0 Å². The highest BCUT2D eigenvalue weighted by molar-refractivity contribution is 5.85. The van der Waals surface area contributed by atoms with Crippen LogP contribution in [0.4, 0.5) is 5.69 Å². The number of carbonyl (C=O) groups excluding carboxylic acids is 1. The first kappa shape index (κ1) is 17.3. The minimum absolute atomic E-state index is 0. The van der Waals surface area contributed by atoms with Gasteiger partial charge in [0.2, 0.25) is 0 Å². The van der Waals surface area contributed by atoms with Crippen LogP contribution < -0.4 is 5.73 Å². The summed E-state index contributed by atoms with van der Waals surface area (Å²) in [7, 11) is 1.28. The lowest BCUT2D eigenvalue weighted by Gasteiger charge is -2.28. The molecule has 1 aromatic rings. The largest absolute Gasteiger partial charge is 0.469 e. The van der Waals surface area contributed by atoms with Gasteiger partial charge in [-0.05, 0) is 19.4 Å². The van der Waals surface area contributed by atoms with E-state index in [2.05, 4.69) is 4.74 Å². The van der Waals surface area contributed by atoms with Crippen molar-refractivity contribution in [2.24, 2.45) is 11.1 Å². The molecule has 0 unspecified atom stereocenters. The summed E-state index contributed by atoms with van der Waals surface area (Å²) in [6.45, 7) is 3.28. The highest BCUT2D eigenvalue weighted by Crippen LogP contribution is 2.33. The molecule has 0 amide bonds. The summed E-state index contributed by atoms with van der Waals surface area (Å²) < 4.78 is 4.68. The molecule has 7 heteroatoms. The van der Waals surface area contributed by atoms with Gasteiger partial charge >= 0.3 is 5.97 Å². The van der Waals surface area contributed by atoms with Crippen LogP contribution in [0.3, 0.4) is 0 Å². The number of nitro groups is 1. The van der Waals surface area contributed by atoms with Gasteiger partial charge in [-0.25, -0.2) is 0 Å². The molecule has 0 bridgehead atoms. The summed E-state index contributed by atoms with van der Waals surface area (Å²) in [5.74, 6) is -0.457. The fourth-order valence-electron chi connectivity index (χ4n) is 1.64. The first-order valence-corrected chi connectivity index (χ1v) is 5.39. The van der Waals surface area contributed by atoms with E-state index in [1.165, 1.54) is 19.2 Å². The van der Waals surface area contributed by atoms with Crippen LogP contribution in [-0.4, -0.2) is 18.0 Å². The number of rotatable bonds is 4. The summed E-state index contributed by atoms with van der Waals surface area (Å²) in [6, 6.07) is 5.27. The van der Waals surface area contributed by atoms with Crippen molar-refractivity contribution in [1.82, 2.24) is 0 Å². The highest BCUT2D eigenvalue weighted by atomic mass is 35.5. The van der Waals surface area contributed by atoms with Crippen molar-refractivity contribution < 1.29 is 14.5 Å². The molecule has 0 radical (unpaired) electrons. The average molecular weight is 289 g/mol. The van der Waals surface area contributed by atoms with Gasteiger partial charge in [0, 0.05) is 18.2 Å². The Kier molecular flexibility index (Phi) is 5.92. The van der Waals surface area contributed by atoms with Crippen molar-refractivity contribution >= 4 is 24.1 Å². The Morgan fingerprint density at radius 1 is 1.47 bits per heavy atom. The molecule has 0 aliphatic heterocycles. The number of hydrogen-bond acceptors (Lipinski definition) is 5. The number of ether oxygens (including phenoxy) is 1. The summed E-state index contributed by atoms with van der Waals surface area (Å²) in [6.07, 6.45) is 0. The van der Waals surface area contributed by atoms with Crippen LogP contribution in [0.25, 0.3) is 0 Å². The molecule has 1 rings (SSSR count). The van der Waals surface area contributed by atoms with Gasteiger partial charge < -0.3 is 10.5 Å². The number of benzene rings is 1. The normalized spacial score (nSPS) is 12.2. The summed E-state index contributed by atoms with van der Waals surface area (Å²) in [5, 5.41) is 10.7. The Balaban J connectivity index is 0.00000324. The van der Waals surface area contributed by atoms with Crippen LogP contribution in [0.15, 0.2) is 24.3 Å². The van der Waals surface area contributed by atoms with Gasteiger partial charge in [-0.15, -0.1) is 12.4 Å². The molecule has 0 spiro atoms. The van der Waals surface area contributed by atoms with E-state index >= 15 is 0 Å². The molecule has 0 aliphatic carbocycles. The fraction of sp³-hybridized carbons (Fsp3) is 0.417. The van der Waals surface area contributed by atoms with Gasteiger partial charge in [0.25, 0.3) is 5.69 Å². The molecule has 0 fully saturated rings. The quantitative estimate of drug-likeness (QED) is 0.520. The van der Waals surface area contributed by atoms with Crippen molar-refractivity contribution in [3.8, 4) is 0 Å². The van der Waals surface area contributed by atoms with Gasteiger partial charge in [-0.1, -0.05) is 12.1 Å². The molecular weight excluding hydrogens is 272 g/mol. The maximum atomic E-state index is 11.6. The van der Waals surface area contributed by atoms with Crippen molar-refractivity contribution in [3.05, 3.63) is 39.9 Å². The number of nitrogens with zero attached hydrogens (tertiary/aromatic N) is 1. The minimum atomic E-state index is -0.954. The van der Waals surface area contributed by atoms with Crippen molar-refractivity contribution in [1.29, 1.82) is 0 Å². The van der Waals surface area contributed by atoms with E-state index in [9.17, 15) is 14.9 Å². The number of methoxy groups -OCH3 is 1. The zero-order chi connectivity index (χ0) is 13.9. The maximum Gasteiger partial charge on any atom is 0.313 e. The highest BCUT2D eigenvalue weighted by Gasteiger charge is 2.37. The molecule has 19 heavy (non-hydrogen) atoms. The predicted molar refractivity (Wildman–Crippen MR) is 73.1 cm³/mol. The van der Waals surface area contributed by atoms with E-state index in [4.69, 9.17) is 5.73 Å². The van der Waals surface area contributed by atoms with Crippen molar-refractivity contribution in [2.45, 2.75) is 19.9 Å². The second kappa shape index (κ2) is 6.49. The molecule has 1 aromatic carbocycles. The summed E-state index contributed by atoms with van der Waals surface area (Å²) >= 11 is 0. The number of hydrogen-bond donors (Lipinski definition) is 1. The van der Waals surface area contributed by atoms with Crippen LogP contribution in [0.1, 0.15) is 25.5 Å². The molecule has 0 heterocycles. The van der Waals surface area contributed by atoms with Gasteiger partial charge in [0.15, 0.2) is 0 Å². The molecule has 0 aliphatic rings. The molecule has 2 N–H and O–H groups in total. The standard InChI is InChI=1S/C12H16N2O4.ClH/c1-12(2,11(15)18-3)10(13)8-5-4-6-9(7-8)14(16)17;/h4-7,10H,13H2,1-3H3;1H/t10-;/m0./s1. The first-order valence-electron chi connectivity index (χ1n) is 5.39. The minimum Gasteiger partial charge on any atom is -0.469 e. The Hall–Kier alpha value is -1.66. The third-order valence-corrected chi connectivity index (χ3v) is 2.93. The number of nitro benzene ring substituents is 1. The van der Waals surface area contributed by atoms with E-state index in [0.29, 0.717) is 5.56 Å². The van der Waals surface area contributed by atoms with Gasteiger partial charge in [0.05, 0.1) is 17.4 Å². The van der Waals surface area contributed by atoms with E-state index in [-0.39, 0.29) is 18.1 Å². The molecule has 106 valence electrons. The zero-order valence-corrected chi connectivity index (χ0v) is 11.8. The maximum absolute atomic E-state index is 11.6. The van der Waals surface area contributed by atoms with Crippen LogP contribution in [0.2, 0.25) is 0 Å². The van der Waals surface area contributed by atoms with E-state index in [1.807, 2.05) is 0 Å². The summed E-state index contributed by atoms with van der Waals surface area (Å²) in [4.78, 5) is 21.8. The number of non-ortho nitro benzene ring substituents is 1. The van der Waals surface area contributed by atoms with Gasteiger partial charge in [-0.3, -0.25) is 14.9 Å². The lowest BCUT2D eigenvalue weighted by atomic mass is 9.81. The van der Waals surface area contributed by atoms with Crippen molar-refractivity contribution in [3.63, 3.8) is 0 Å². The van der Waals surface area contributed by atoms with Gasteiger partial charge in [-0.2, -0.15) is 0 Å². The number of carbonyl (C=O) groups is 1. The first-order chi connectivity index (χ1) is 8.30. The third kappa shape index (κ3) is 3.65. The molecule has 6 nitrogen and oxygen atoms in total. The Morgan fingerprint density at radius 2 is 2.05 bits per heavy atom.